The molecule has 0 spiro atoms. The van der Waals surface area contributed by atoms with Crippen LogP contribution in [0.2, 0.25) is 0 Å². The summed E-state index contributed by atoms with van der Waals surface area (Å²) in [4.78, 5) is 28.2. The predicted octanol–water partition coefficient (Wildman–Crippen LogP) is 2.86. The van der Waals surface area contributed by atoms with Crippen molar-refractivity contribution in [1.82, 2.24) is 15.6 Å². The van der Waals surface area contributed by atoms with E-state index < -0.39 is 6.04 Å². The molecule has 2 aromatic rings. The average molecular weight is 340 g/mol. The number of carbonyl (C=O) groups excluding carboxylic acids is 2. The van der Waals surface area contributed by atoms with Gasteiger partial charge in [-0.2, -0.15) is 0 Å². The normalized spacial score (nSPS) is 12.8. The molecule has 0 saturated carbocycles. The molecule has 0 saturated heterocycles. The van der Waals surface area contributed by atoms with E-state index in [9.17, 15) is 9.59 Å². The van der Waals surface area contributed by atoms with Crippen LogP contribution in [0.5, 0.6) is 0 Å². The summed E-state index contributed by atoms with van der Waals surface area (Å²) in [7, 11) is 0. The molecule has 2 amide bonds. The van der Waals surface area contributed by atoms with Gasteiger partial charge in [-0.25, -0.2) is 0 Å². The average Bonchev–Trinajstić information content (AvgIpc) is 2.62. The fraction of sp³-hybridized carbons (Fsp3) is 0.316. The van der Waals surface area contributed by atoms with Crippen LogP contribution in [0.3, 0.4) is 0 Å². The first-order valence-corrected chi connectivity index (χ1v) is 8.38. The van der Waals surface area contributed by atoms with Gasteiger partial charge >= 0.3 is 0 Å². The van der Waals surface area contributed by atoms with Crippen molar-refractivity contribution in [3.63, 3.8) is 0 Å². The third-order valence-electron chi connectivity index (χ3n) is 3.86. The standard InChI is InChI=1S/C19H24N4O2/c1-4-13(2)21-18(24)14(3)22-19(25)15-5-7-16(8-6-15)23-17-9-11-20-12-10-17/h5-14H,4H2,1-3H3,(H,20,23)(H,21,24)(H,22,25)/t13-,14+/m1/s1. The van der Waals surface area contributed by atoms with Gasteiger partial charge in [0.15, 0.2) is 0 Å². The third kappa shape index (κ3) is 5.60. The second kappa shape index (κ2) is 8.82. The summed E-state index contributed by atoms with van der Waals surface area (Å²) in [5.41, 5.74) is 2.29. The van der Waals surface area contributed by atoms with Crippen molar-refractivity contribution in [2.45, 2.75) is 39.3 Å². The van der Waals surface area contributed by atoms with Crippen molar-refractivity contribution in [3.05, 3.63) is 54.4 Å². The minimum atomic E-state index is -0.587. The Morgan fingerprint density at radius 3 is 2.16 bits per heavy atom. The highest BCUT2D eigenvalue weighted by Crippen LogP contribution is 2.16. The van der Waals surface area contributed by atoms with Gasteiger partial charge in [0.2, 0.25) is 5.91 Å². The van der Waals surface area contributed by atoms with Crippen LogP contribution in [0, 0.1) is 0 Å². The van der Waals surface area contributed by atoms with Crippen molar-refractivity contribution in [2.24, 2.45) is 0 Å². The van der Waals surface area contributed by atoms with E-state index in [1.807, 2.05) is 38.1 Å². The molecule has 6 nitrogen and oxygen atoms in total. The lowest BCUT2D eigenvalue weighted by atomic mass is 10.1. The van der Waals surface area contributed by atoms with Crippen molar-refractivity contribution >= 4 is 23.2 Å². The fourth-order valence-electron chi connectivity index (χ4n) is 2.12. The lowest BCUT2D eigenvalue weighted by Crippen LogP contribution is -2.47. The van der Waals surface area contributed by atoms with Gasteiger partial charge in [0.05, 0.1) is 0 Å². The summed E-state index contributed by atoms with van der Waals surface area (Å²) in [5.74, 6) is -0.457. The van der Waals surface area contributed by atoms with E-state index in [0.717, 1.165) is 17.8 Å². The maximum atomic E-state index is 12.3. The zero-order valence-corrected chi connectivity index (χ0v) is 14.7. The largest absolute Gasteiger partial charge is 0.355 e. The Hall–Kier alpha value is -2.89. The summed E-state index contributed by atoms with van der Waals surface area (Å²) in [6, 6.07) is 10.3. The Balaban J connectivity index is 1.92. The molecule has 6 heteroatoms. The van der Waals surface area contributed by atoms with E-state index in [2.05, 4.69) is 20.9 Å². The van der Waals surface area contributed by atoms with Gasteiger partial charge in [-0.3, -0.25) is 14.6 Å². The molecule has 0 radical (unpaired) electrons. The minimum absolute atomic E-state index is 0.0883. The number of nitrogens with one attached hydrogen (secondary N) is 3. The molecule has 0 aliphatic heterocycles. The molecule has 132 valence electrons. The maximum absolute atomic E-state index is 12.3. The van der Waals surface area contributed by atoms with Gasteiger partial charge in [-0.15, -0.1) is 0 Å². The number of hydrogen-bond donors (Lipinski definition) is 3. The van der Waals surface area contributed by atoms with Crippen LogP contribution >= 0.6 is 0 Å². The predicted molar refractivity (Wildman–Crippen MR) is 98.8 cm³/mol. The summed E-state index contributed by atoms with van der Waals surface area (Å²) in [5, 5.41) is 8.79. The van der Waals surface area contributed by atoms with Crippen molar-refractivity contribution in [3.8, 4) is 0 Å². The summed E-state index contributed by atoms with van der Waals surface area (Å²) >= 11 is 0. The molecule has 25 heavy (non-hydrogen) atoms. The number of carbonyl (C=O) groups is 2. The highest BCUT2D eigenvalue weighted by atomic mass is 16.2. The fourth-order valence-corrected chi connectivity index (χ4v) is 2.12. The molecule has 0 bridgehead atoms. The SMILES string of the molecule is CC[C@@H](C)NC(=O)[C@H](C)NC(=O)c1ccc(Nc2ccncc2)cc1. The molecule has 1 aromatic carbocycles. The molecular weight excluding hydrogens is 316 g/mol. The van der Waals surface area contributed by atoms with Crippen LogP contribution in [0.25, 0.3) is 0 Å². The molecule has 0 aliphatic carbocycles. The van der Waals surface area contributed by atoms with Gasteiger partial charge in [-0.1, -0.05) is 6.92 Å². The molecule has 0 fully saturated rings. The van der Waals surface area contributed by atoms with Crippen molar-refractivity contribution in [1.29, 1.82) is 0 Å². The zero-order valence-electron chi connectivity index (χ0n) is 14.7. The molecule has 0 aliphatic rings. The number of hydrogen-bond acceptors (Lipinski definition) is 4. The molecule has 2 atom stereocenters. The lowest BCUT2D eigenvalue weighted by Gasteiger charge is -2.17. The van der Waals surface area contributed by atoms with Crippen molar-refractivity contribution in [2.75, 3.05) is 5.32 Å². The van der Waals surface area contributed by atoms with Gasteiger partial charge in [0.1, 0.15) is 6.04 Å². The monoisotopic (exact) mass is 340 g/mol. The second-order valence-electron chi connectivity index (χ2n) is 5.95. The Morgan fingerprint density at radius 1 is 0.960 bits per heavy atom. The number of anilines is 2. The van der Waals surface area contributed by atoms with Crippen LogP contribution in [0.15, 0.2) is 48.8 Å². The number of pyridine rings is 1. The molecule has 3 N–H and O–H groups in total. The number of nitrogens with zero attached hydrogens (tertiary/aromatic N) is 1. The van der Waals surface area contributed by atoms with Crippen LogP contribution in [0.1, 0.15) is 37.6 Å². The lowest BCUT2D eigenvalue weighted by molar-refractivity contribution is -0.123. The first-order chi connectivity index (χ1) is 12.0. The van der Waals surface area contributed by atoms with Gasteiger partial charge in [0, 0.05) is 35.4 Å². The van der Waals surface area contributed by atoms with Crippen LogP contribution < -0.4 is 16.0 Å². The first kappa shape index (κ1) is 18.4. The number of aromatic nitrogens is 1. The topological polar surface area (TPSA) is 83.1 Å². The van der Waals surface area contributed by atoms with E-state index >= 15 is 0 Å². The third-order valence-corrected chi connectivity index (χ3v) is 3.86. The Labute approximate surface area is 148 Å². The van der Waals surface area contributed by atoms with E-state index in [4.69, 9.17) is 0 Å². The van der Waals surface area contributed by atoms with Gasteiger partial charge in [0.25, 0.3) is 5.91 Å². The number of benzene rings is 1. The number of rotatable bonds is 7. The van der Waals surface area contributed by atoms with Crippen molar-refractivity contribution < 1.29 is 9.59 Å². The minimum Gasteiger partial charge on any atom is -0.355 e. The molecule has 1 aromatic heterocycles. The van der Waals surface area contributed by atoms with Gasteiger partial charge < -0.3 is 16.0 Å². The Bertz CT molecular complexity index is 701. The molecule has 0 unspecified atom stereocenters. The van der Waals surface area contributed by atoms with E-state index in [-0.39, 0.29) is 17.9 Å². The number of amides is 2. The Kier molecular flexibility index (Phi) is 6.51. The highest BCUT2D eigenvalue weighted by Gasteiger charge is 2.17. The first-order valence-electron chi connectivity index (χ1n) is 8.38. The quantitative estimate of drug-likeness (QED) is 0.724. The smallest absolute Gasteiger partial charge is 0.251 e. The Morgan fingerprint density at radius 2 is 1.56 bits per heavy atom. The van der Waals surface area contributed by atoms with Crippen LogP contribution in [-0.2, 0) is 4.79 Å². The zero-order chi connectivity index (χ0) is 18.2. The van der Waals surface area contributed by atoms with E-state index in [1.54, 1.807) is 31.5 Å². The summed E-state index contributed by atoms with van der Waals surface area (Å²) in [6.07, 6.45) is 4.25. The highest BCUT2D eigenvalue weighted by molar-refractivity contribution is 5.97. The second-order valence-corrected chi connectivity index (χ2v) is 5.95. The van der Waals surface area contributed by atoms with Crippen LogP contribution in [-0.4, -0.2) is 28.9 Å². The van der Waals surface area contributed by atoms with E-state index in [1.165, 1.54) is 0 Å². The summed E-state index contributed by atoms with van der Waals surface area (Å²) in [6.45, 7) is 5.60. The molecule has 2 rings (SSSR count). The molecular formula is C19H24N4O2. The van der Waals surface area contributed by atoms with Crippen LogP contribution in [0.4, 0.5) is 11.4 Å². The maximum Gasteiger partial charge on any atom is 0.251 e. The van der Waals surface area contributed by atoms with Gasteiger partial charge in [-0.05, 0) is 56.7 Å². The summed E-state index contributed by atoms with van der Waals surface area (Å²) < 4.78 is 0. The van der Waals surface area contributed by atoms with E-state index in [0.29, 0.717) is 5.56 Å². The molecule has 1 heterocycles.